The molecule has 0 aliphatic carbocycles. The van der Waals surface area contributed by atoms with Gasteiger partial charge in [-0.3, -0.25) is 9.59 Å². The molecular weight excluding hydrogens is 364 g/mol. The van der Waals surface area contributed by atoms with E-state index in [2.05, 4.69) is 6.92 Å². The van der Waals surface area contributed by atoms with E-state index in [9.17, 15) is 9.59 Å². The lowest BCUT2D eigenvalue weighted by Gasteiger charge is -2.34. The summed E-state index contributed by atoms with van der Waals surface area (Å²) in [6.45, 7) is 4.12. The quantitative estimate of drug-likeness (QED) is 0.792. The van der Waals surface area contributed by atoms with Crippen molar-refractivity contribution in [1.82, 2.24) is 9.80 Å². The lowest BCUT2D eigenvalue weighted by molar-refractivity contribution is -0.134. The average Bonchev–Trinajstić information content (AvgIpc) is 2.72. The summed E-state index contributed by atoms with van der Waals surface area (Å²) in [4.78, 5) is 28.5. The van der Waals surface area contributed by atoms with Gasteiger partial charge in [-0.25, -0.2) is 0 Å². The van der Waals surface area contributed by atoms with Gasteiger partial charge in [0.15, 0.2) is 6.61 Å². The van der Waals surface area contributed by atoms with Gasteiger partial charge in [0.2, 0.25) is 0 Å². The van der Waals surface area contributed by atoms with E-state index in [1.165, 1.54) is 0 Å². The number of hydrogen-bond acceptors (Lipinski definition) is 3. The molecule has 1 aliphatic heterocycles. The summed E-state index contributed by atoms with van der Waals surface area (Å²) < 4.78 is 5.71. The number of halogens is 1. The van der Waals surface area contributed by atoms with Crippen LogP contribution in [0.2, 0.25) is 5.02 Å². The Bertz CT molecular complexity index is 799. The highest BCUT2D eigenvalue weighted by Crippen LogP contribution is 2.18. The molecule has 0 bridgehead atoms. The fourth-order valence-corrected chi connectivity index (χ4v) is 3.23. The summed E-state index contributed by atoms with van der Waals surface area (Å²) in [5.41, 5.74) is 1.70. The van der Waals surface area contributed by atoms with Crippen LogP contribution in [0.3, 0.4) is 0 Å². The van der Waals surface area contributed by atoms with Crippen LogP contribution < -0.4 is 4.74 Å². The van der Waals surface area contributed by atoms with Gasteiger partial charge >= 0.3 is 0 Å². The molecule has 2 amide bonds. The van der Waals surface area contributed by atoms with Crippen molar-refractivity contribution in [2.45, 2.75) is 13.3 Å². The second kappa shape index (κ2) is 8.91. The smallest absolute Gasteiger partial charge is 0.260 e. The molecule has 6 heteroatoms. The zero-order valence-electron chi connectivity index (χ0n) is 15.4. The zero-order valence-corrected chi connectivity index (χ0v) is 16.1. The maximum absolute atomic E-state index is 12.5. The summed E-state index contributed by atoms with van der Waals surface area (Å²) >= 11 is 5.87. The summed E-state index contributed by atoms with van der Waals surface area (Å²) in [5, 5.41) is 0.603. The molecule has 2 aromatic carbocycles. The van der Waals surface area contributed by atoms with Crippen LogP contribution in [-0.4, -0.2) is 54.4 Å². The number of para-hydroxylation sites is 1. The summed E-state index contributed by atoms with van der Waals surface area (Å²) in [6.07, 6.45) is 0.857. The lowest BCUT2D eigenvalue weighted by atomic mass is 10.1. The van der Waals surface area contributed by atoms with Crippen molar-refractivity contribution in [3.8, 4) is 5.75 Å². The van der Waals surface area contributed by atoms with Crippen molar-refractivity contribution in [3.05, 3.63) is 64.7 Å². The van der Waals surface area contributed by atoms with E-state index in [-0.39, 0.29) is 18.4 Å². The summed E-state index contributed by atoms with van der Waals surface area (Å²) in [6, 6.07) is 14.6. The molecule has 1 heterocycles. The van der Waals surface area contributed by atoms with E-state index in [1.54, 1.807) is 34.1 Å². The van der Waals surface area contributed by atoms with Crippen molar-refractivity contribution >= 4 is 23.4 Å². The van der Waals surface area contributed by atoms with Gasteiger partial charge in [-0.1, -0.05) is 36.7 Å². The molecule has 5 nitrogen and oxygen atoms in total. The Kier molecular flexibility index (Phi) is 6.35. The first-order chi connectivity index (χ1) is 13.1. The fraction of sp³-hybridized carbons (Fsp3) is 0.333. The summed E-state index contributed by atoms with van der Waals surface area (Å²) in [7, 11) is 0. The van der Waals surface area contributed by atoms with Crippen molar-refractivity contribution in [3.63, 3.8) is 0 Å². The number of carbonyl (C=O) groups is 2. The highest BCUT2D eigenvalue weighted by atomic mass is 35.5. The molecule has 2 aromatic rings. The van der Waals surface area contributed by atoms with Gasteiger partial charge in [0, 0.05) is 36.8 Å². The van der Waals surface area contributed by atoms with Crippen molar-refractivity contribution < 1.29 is 14.3 Å². The van der Waals surface area contributed by atoms with E-state index < -0.39 is 0 Å². The molecule has 0 aromatic heterocycles. The minimum absolute atomic E-state index is 0.0160. The van der Waals surface area contributed by atoms with Gasteiger partial charge in [-0.2, -0.15) is 0 Å². The molecule has 0 spiro atoms. The third-order valence-electron chi connectivity index (χ3n) is 4.72. The van der Waals surface area contributed by atoms with Gasteiger partial charge in [0.25, 0.3) is 11.8 Å². The standard InChI is InChI=1S/C21H23ClN2O3/c1-2-16-5-3-4-6-19(16)27-15-20(25)23-11-13-24(14-12-23)21(26)17-7-9-18(22)10-8-17/h3-10H,2,11-15H2,1H3. The predicted molar refractivity (Wildman–Crippen MR) is 105 cm³/mol. The Labute approximate surface area is 164 Å². The number of ether oxygens (including phenoxy) is 1. The second-order valence-electron chi connectivity index (χ2n) is 6.43. The highest BCUT2D eigenvalue weighted by molar-refractivity contribution is 6.30. The third kappa shape index (κ3) is 4.80. The van der Waals surface area contributed by atoms with Gasteiger partial charge in [0.05, 0.1) is 0 Å². The number of rotatable bonds is 5. The van der Waals surface area contributed by atoms with Crippen LogP contribution in [-0.2, 0) is 11.2 Å². The molecular formula is C21H23ClN2O3. The second-order valence-corrected chi connectivity index (χ2v) is 6.87. The van der Waals surface area contributed by atoms with E-state index in [0.29, 0.717) is 36.8 Å². The monoisotopic (exact) mass is 386 g/mol. The average molecular weight is 387 g/mol. The normalized spacial score (nSPS) is 14.1. The number of carbonyl (C=O) groups excluding carboxylic acids is 2. The molecule has 1 saturated heterocycles. The Morgan fingerprint density at radius 3 is 2.26 bits per heavy atom. The number of amides is 2. The Morgan fingerprint density at radius 1 is 0.963 bits per heavy atom. The lowest BCUT2D eigenvalue weighted by Crippen LogP contribution is -2.51. The molecule has 0 atom stereocenters. The number of aryl methyl sites for hydroxylation is 1. The van der Waals surface area contributed by atoms with Crippen molar-refractivity contribution in [2.75, 3.05) is 32.8 Å². The van der Waals surface area contributed by atoms with Crippen molar-refractivity contribution in [2.24, 2.45) is 0 Å². The molecule has 0 N–H and O–H groups in total. The maximum atomic E-state index is 12.5. The largest absolute Gasteiger partial charge is 0.483 e. The molecule has 1 fully saturated rings. The molecule has 0 saturated carbocycles. The zero-order chi connectivity index (χ0) is 19.2. The molecule has 0 radical (unpaired) electrons. The minimum atomic E-state index is -0.0560. The van der Waals surface area contributed by atoms with Crippen molar-refractivity contribution in [1.29, 1.82) is 0 Å². The van der Waals surface area contributed by atoms with Crippen LogP contribution in [0.1, 0.15) is 22.8 Å². The van der Waals surface area contributed by atoms with Gasteiger partial charge < -0.3 is 14.5 Å². The van der Waals surface area contributed by atoms with E-state index in [0.717, 1.165) is 17.7 Å². The fourth-order valence-electron chi connectivity index (χ4n) is 3.10. The molecule has 27 heavy (non-hydrogen) atoms. The molecule has 0 unspecified atom stereocenters. The Hall–Kier alpha value is -2.53. The first-order valence-corrected chi connectivity index (χ1v) is 9.49. The first kappa shape index (κ1) is 19.2. The number of nitrogens with zero attached hydrogens (tertiary/aromatic N) is 2. The number of hydrogen-bond donors (Lipinski definition) is 0. The van der Waals surface area contributed by atoms with Gasteiger partial charge in [0.1, 0.15) is 5.75 Å². The third-order valence-corrected chi connectivity index (χ3v) is 4.97. The van der Waals surface area contributed by atoms with Crippen LogP contribution in [0.15, 0.2) is 48.5 Å². The van der Waals surface area contributed by atoms with Gasteiger partial charge in [-0.05, 0) is 42.3 Å². The number of benzene rings is 2. The van der Waals surface area contributed by atoms with E-state index in [4.69, 9.17) is 16.3 Å². The van der Waals surface area contributed by atoms with E-state index >= 15 is 0 Å². The maximum Gasteiger partial charge on any atom is 0.260 e. The van der Waals surface area contributed by atoms with Crippen LogP contribution in [0.5, 0.6) is 5.75 Å². The SMILES string of the molecule is CCc1ccccc1OCC(=O)N1CCN(C(=O)c2ccc(Cl)cc2)CC1. The summed E-state index contributed by atoms with van der Waals surface area (Å²) in [5.74, 6) is 0.663. The topological polar surface area (TPSA) is 49.9 Å². The van der Waals surface area contributed by atoms with Crippen LogP contribution in [0.25, 0.3) is 0 Å². The molecule has 1 aliphatic rings. The molecule has 142 valence electrons. The Balaban J connectivity index is 1.50. The van der Waals surface area contributed by atoms with Gasteiger partial charge in [-0.15, -0.1) is 0 Å². The van der Waals surface area contributed by atoms with Crippen LogP contribution >= 0.6 is 11.6 Å². The predicted octanol–water partition coefficient (Wildman–Crippen LogP) is 3.27. The first-order valence-electron chi connectivity index (χ1n) is 9.12. The van der Waals surface area contributed by atoms with Crippen LogP contribution in [0, 0.1) is 0 Å². The number of piperazine rings is 1. The Morgan fingerprint density at radius 2 is 1.59 bits per heavy atom. The van der Waals surface area contributed by atoms with E-state index in [1.807, 2.05) is 24.3 Å². The minimum Gasteiger partial charge on any atom is -0.483 e. The highest BCUT2D eigenvalue weighted by Gasteiger charge is 2.25. The van der Waals surface area contributed by atoms with Crippen LogP contribution in [0.4, 0.5) is 0 Å². The molecule has 3 rings (SSSR count).